The van der Waals surface area contributed by atoms with E-state index in [9.17, 15) is 0 Å². The first kappa shape index (κ1) is 11.5. The molecule has 0 unspecified atom stereocenters. The van der Waals surface area contributed by atoms with Crippen LogP contribution in [0, 0.1) is 11.3 Å². The number of benzene rings is 1. The molecule has 0 spiro atoms. The van der Waals surface area contributed by atoms with Crippen LogP contribution in [-0.4, -0.2) is 11.1 Å². The molecule has 0 aliphatic rings. The quantitative estimate of drug-likeness (QED) is 0.694. The summed E-state index contributed by atoms with van der Waals surface area (Å²) < 4.78 is 0. The SMILES string of the molecule is CC(=O)O.N#Cc1ccccc1Cl. The van der Waals surface area contributed by atoms with Gasteiger partial charge in [-0.05, 0) is 12.1 Å². The van der Waals surface area contributed by atoms with E-state index < -0.39 is 5.97 Å². The molecule has 0 radical (unpaired) electrons. The summed E-state index contributed by atoms with van der Waals surface area (Å²) in [6, 6.07) is 8.92. The van der Waals surface area contributed by atoms with Crippen LogP contribution in [0.5, 0.6) is 0 Å². The van der Waals surface area contributed by atoms with E-state index in [1.807, 2.05) is 6.07 Å². The highest BCUT2D eigenvalue weighted by Crippen LogP contribution is 2.12. The van der Waals surface area contributed by atoms with E-state index in [1.54, 1.807) is 24.3 Å². The van der Waals surface area contributed by atoms with Crippen molar-refractivity contribution >= 4 is 17.6 Å². The average Bonchev–Trinajstić information content (AvgIpc) is 2.04. The van der Waals surface area contributed by atoms with Crippen LogP contribution in [0.15, 0.2) is 24.3 Å². The molecule has 0 aromatic heterocycles. The Kier molecular flexibility index (Phi) is 5.33. The predicted octanol–water partition coefficient (Wildman–Crippen LogP) is 2.30. The van der Waals surface area contributed by atoms with Crippen LogP contribution in [0.25, 0.3) is 0 Å². The van der Waals surface area contributed by atoms with Crippen molar-refractivity contribution in [2.75, 3.05) is 0 Å². The molecule has 0 amide bonds. The van der Waals surface area contributed by atoms with Crippen LogP contribution < -0.4 is 0 Å². The van der Waals surface area contributed by atoms with Crippen molar-refractivity contribution in [3.63, 3.8) is 0 Å². The third-order valence-electron chi connectivity index (χ3n) is 0.994. The zero-order valence-corrected chi connectivity index (χ0v) is 7.75. The van der Waals surface area contributed by atoms with Gasteiger partial charge in [0.05, 0.1) is 10.6 Å². The van der Waals surface area contributed by atoms with Gasteiger partial charge < -0.3 is 5.11 Å². The largest absolute Gasteiger partial charge is 0.481 e. The Morgan fingerprint density at radius 1 is 1.54 bits per heavy atom. The first-order valence-corrected chi connectivity index (χ1v) is 3.80. The summed E-state index contributed by atoms with van der Waals surface area (Å²) in [6.07, 6.45) is 0. The number of aliphatic carboxylic acids is 1. The maximum Gasteiger partial charge on any atom is 0.300 e. The number of halogens is 1. The highest BCUT2D eigenvalue weighted by molar-refractivity contribution is 6.31. The highest BCUT2D eigenvalue weighted by Gasteiger charge is 1.92. The number of carboxylic acid groups (broad SMARTS) is 1. The van der Waals surface area contributed by atoms with Crippen molar-refractivity contribution < 1.29 is 9.90 Å². The van der Waals surface area contributed by atoms with E-state index in [-0.39, 0.29) is 0 Å². The van der Waals surface area contributed by atoms with Crippen LogP contribution in [0.3, 0.4) is 0 Å². The van der Waals surface area contributed by atoms with E-state index in [0.29, 0.717) is 10.6 Å². The summed E-state index contributed by atoms with van der Waals surface area (Å²) in [5.74, 6) is -0.833. The minimum atomic E-state index is -0.833. The van der Waals surface area contributed by atoms with Crippen LogP contribution in [0.1, 0.15) is 12.5 Å². The van der Waals surface area contributed by atoms with Gasteiger partial charge in [-0.3, -0.25) is 4.79 Å². The maximum atomic E-state index is 9.00. The van der Waals surface area contributed by atoms with E-state index in [1.165, 1.54) is 0 Å². The van der Waals surface area contributed by atoms with Crippen LogP contribution in [0.2, 0.25) is 5.02 Å². The summed E-state index contributed by atoms with van der Waals surface area (Å²) in [5.41, 5.74) is 0.527. The van der Waals surface area contributed by atoms with Gasteiger partial charge >= 0.3 is 0 Å². The fourth-order valence-corrected chi connectivity index (χ4v) is 0.730. The summed E-state index contributed by atoms with van der Waals surface area (Å²) in [5, 5.41) is 16.3. The number of hydrogen-bond donors (Lipinski definition) is 1. The van der Waals surface area contributed by atoms with Gasteiger partial charge in [-0.1, -0.05) is 23.7 Å². The van der Waals surface area contributed by atoms with Crippen LogP contribution in [0.4, 0.5) is 0 Å². The molecule has 0 heterocycles. The van der Waals surface area contributed by atoms with Gasteiger partial charge in [0.15, 0.2) is 0 Å². The molecule has 3 nitrogen and oxygen atoms in total. The standard InChI is InChI=1S/C7H4ClN.C2H4O2/c8-7-4-2-1-3-6(7)5-9;1-2(3)4/h1-4H;1H3,(H,3,4). The lowest BCUT2D eigenvalue weighted by Crippen LogP contribution is -1.78. The Morgan fingerprint density at radius 2 is 2.00 bits per heavy atom. The van der Waals surface area contributed by atoms with E-state index in [2.05, 4.69) is 0 Å². The summed E-state index contributed by atoms with van der Waals surface area (Å²) in [4.78, 5) is 9.00. The Labute approximate surface area is 81.2 Å². The molecule has 0 saturated heterocycles. The van der Waals surface area contributed by atoms with Gasteiger partial charge in [0.25, 0.3) is 5.97 Å². The molecule has 1 aromatic carbocycles. The molecular formula is C9H8ClNO2. The van der Waals surface area contributed by atoms with Gasteiger partial charge in [-0.15, -0.1) is 0 Å². The molecule has 0 fully saturated rings. The number of hydrogen-bond acceptors (Lipinski definition) is 2. The van der Waals surface area contributed by atoms with Crippen molar-refractivity contribution in [3.8, 4) is 6.07 Å². The van der Waals surface area contributed by atoms with Gasteiger partial charge in [-0.2, -0.15) is 5.26 Å². The molecule has 1 aromatic rings. The van der Waals surface area contributed by atoms with Crippen molar-refractivity contribution in [3.05, 3.63) is 34.9 Å². The zero-order chi connectivity index (χ0) is 10.3. The first-order chi connectivity index (χ1) is 6.07. The van der Waals surface area contributed by atoms with Crippen molar-refractivity contribution in [2.24, 2.45) is 0 Å². The Morgan fingerprint density at radius 3 is 2.31 bits per heavy atom. The highest BCUT2D eigenvalue weighted by atomic mass is 35.5. The fourth-order valence-electron chi connectivity index (χ4n) is 0.552. The molecular weight excluding hydrogens is 190 g/mol. The molecule has 0 saturated carbocycles. The molecule has 0 atom stereocenters. The van der Waals surface area contributed by atoms with Crippen LogP contribution in [-0.2, 0) is 4.79 Å². The number of rotatable bonds is 0. The summed E-state index contributed by atoms with van der Waals surface area (Å²) in [6.45, 7) is 1.08. The van der Waals surface area contributed by atoms with E-state index in [0.717, 1.165) is 6.92 Å². The lowest BCUT2D eigenvalue weighted by Gasteiger charge is -1.88. The van der Waals surface area contributed by atoms with Crippen LogP contribution >= 0.6 is 11.6 Å². The first-order valence-electron chi connectivity index (χ1n) is 3.42. The normalized spacial score (nSPS) is 7.77. The monoisotopic (exact) mass is 197 g/mol. The van der Waals surface area contributed by atoms with Gasteiger partial charge in [-0.25, -0.2) is 0 Å². The summed E-state index contributed by atoms with van der Waals surface area (Å²) >= 11 is 5.60. The lowest BCUT2D eigenvalue weighted by molar-refractivity contribution is -0.134. The number of carbonyl (C=O) groups is 1. The molecule has 0 aliphatic carbocycles. The van der Waals surface area contributed by atoms with Crippen molar-refractivity contribution in [2.45, 2.75) is 6.92 Å². The lowest BCUT2D eigenvalue weighted by atomic mass is 10.2. The topological polar surface area (TPSA) is 61.1 Å². The molecule has 1 rings (SSSR count). The Bertz CT molecular complexity index is 327. The maximum absolute atomic E-state index is 9.00. The van der Waals surface area contributed by atoms with Gasteiger partial charge in [0.1, 0.15) is 6.07 Å². The number of carboxylic acids is 1. The minimum Gasteiger partial charge on any atom is -0.481 e. The predicted molar refractivity (Wildman–Crippen MR) is 49.5 cm³/mol. The Balaban J connectivity index is 0.000000310. The van der Waals surface area contributed by atoms with Crippen molar-refractivity contribution in [1.29, 1.82) is 5.26 Å². The average molecular weight is 198 g/mol. The second kappa shape index (κ2) is 6.04. The molecule has 0 bridgehead atoms. The second-order valence-corrected chi connectivity index (χ2v) is 2.52. The Hall–Kier alpha value is -1.53. The second-order valence-electron chi connectivity index (χ2n) is 2.11. The summed E-state index contributed by atoms with van der Waals surface area (Å²) in [7, 11) is 0. The smallest absolute Gasteiger partial charge is 0.300 e. The molecule has 68 valence electrons. The fraction of sp³-hybridized carbons (Fsp3) is 0.111. The van der Waals surface area contributed by atoms with Gasteiger partial charge in [0.2, 0.25) is 0 Å². The minimum absolute atomic E-state index is 0.514. The van der Waals surface area contributed by atoms with E-state index in [4.69, 9.17) is 26.8 Å². The molecule has 1 N–H and O–H groups in total. The number of nitriles is 1. The number of nitrogens with zero attached hydrogens (tertiary/aromatic N) is 1. The van der Waals surface area contributed by atoms with Crippen molar-refractivity contribution in [1.82, 2.24) is 0 Å². The van der Waals surface area contributed by atoms with E-state index >= 15 is 0 Å². The van der Waals surface area contributed by atoms with Gasteiger partial charge in [0, 0.05) is 6.92 Å². The molecule has 0 aliphatic heterocycles. The molecule has 4 heteroatoms. The third kappa shape index (κ3) is 5.71. The molecule has 13 heavy (non-hydrogen) atoms. The zero-order valence-electron chi connectivity index (χ0n) is 6.99. The third-order valence-corrected chi connectivity index (χ3v) is 1.32.